The third-order valence-corrected chi connectivity index (χ3v) is 2.10. The SMILES string of the molecule is NC(=S)N(C(CO)CO)C(CO)CO. The number of rotatable bonds is 6. The fraction of sp³-hybridized carbons (Fsp3) is 0.857. The van der Waals surface area contributed by atoms with E-state index in [-0.39, 0.29) is 31.5 Å². The summed E-state index contributed by atoms with van der Waals surface area (Å²) in [6, 6.07) is -1.39. The van der Waals surface area contributed by atoms with Crippen molar-refractivity contribution in [3.63, 3.8) is 0 Å². The quantitative estimate of drug-likeness (QED) is 0.311. The van der Waals surface area contributed by atoms with Crippen molar-refractivity contribution in [2.45, 2.75) is 12.1 Å². The lowest BCUT2D eigenvalue weighted by atomic mass is 10.2. The molecule has 84 valence electrons. The Bertz CT molecular complexity index is 161. The lowest BCUT2D eigenvalue weighted by Gasteiger charge is -2.35. The van der Waals surface area contributed by atoms with Gasteiger partial charge in [-0.3, -0.25) is 0 Å². The third kappa shape index (κ3) is 3.35. The second-order valence-corrected chi connectivity index (χ2v) is 3.20. The van der Waals surface area contributed by atoms with Crippen LogP contribution in [-0.2, 0) is 0 Å². The second-order valence-electron chi connectivity index (χ2n) is 2.78. The molecule has 0 aromatic carbocycles. The predicted molar refractivity (Wildman–Crippen MR) is 54.5 cm³/mol. The zero-order chi connectivity index (χ0) is 11.1. The number of aliphatic hydroxyl groups is 4. The van der Waals surface area contributed by atoms with E-state index in [2.05, 4.69) is 0 Å². The summed E-state index contributed by atoms with van der Waals surface area (Å²) in [4.78, 5) is 1.23. The molecule has 0 heterocycles. The number of nitrogens with zero attached hydrogens (tertiary/aromatic N) is 1. The zero-order valence-electron chi connectivity index (χ0n) is 7.70. The Kier molecular flexibility index (Phi) is 6.67. The molecule has 0 saturated heterocycles. The number of aliphatic hydroxyl groups excluding tert-OH is 4. The molecule has 6 N–H and O–H groups in total. The van der Waals surface area contributed by atoms with Gasteiger partial charge in [-0.2, -0.15) is 0 Å². The van der Waals surface area contributed by atoms with E-state index in [4.69, 9.17) is 38.4 Å². The van der Waals surface area contributed by atoms with Crippen LogP contribution in [0.2, 0.25) is 0 Å². The highest BCUT2D eigenvalue weighted by molar-refractivity contribution is 7.80. The minimum atomic E-state index is -0.697. The molecule has 0 saturated carbocycles. The van der Waals surface area contributed by atoms with Gasteiger partial charge in [-0.15, -0.1) is 0 Å². The summed E-state index contributed by atoms with van der Waals surface area (Å²) in [7, 11) is 0. The summed E-state index contributed by atoms with van der Waals surface area (Å²) in [6.07, 6.45) is 0. The smallest absolute Gasteiger partial charge is 0.167 e. The van der Waals surface area contributed by atoms with Crippen molar-refractivity contribution < 1.29 is 20.4 Å². The first-order chi connectivity index (χ1) is 6.62. The second kappa shape index (κ2) is 6.91. The van der Waals surface area contributed by atoms with Crippen LogP contribution in [0, 0.1) is 0 Å². The van der Waals surface area contributed by atoms with Crippen LogP contribution in [0.1, 0.15) is 0 Å². The summed E-state index contributed by atoms with van der Waals surface area (Å²) >= 11 is 4.69. The minimum absolute atomic E-state index is 0.0776. The molecule has 0 fully saturated rings. The molecule has 0 spiro atoms. The van der Waals surface area contributed by atoms with Gasteiger partial charge < -0.3 is 31.1 Å². The molecule has 0 aromatic rings. The first-order valence-electron chi connectivity index (χ1n) is 4.13. The summed E-state index contributed by atoms with van der Waals surface area (Å²) in [6.45, 7) is -1.43. The lowest BCUT2D eigenvalue weighted by molar-refractivity contribution is 0.0477. The molecule has 7 heteroatoms. The molecular formula is C7H16N2O4S. The van der Waals surface area contributed by atoms with E-state index < -0.39 is 12.1 Å². The monoisotopic (exact) mass is 224 g/mol. The number of nitrogens with two attached hydrogens (primary N) is 1. The van der Waals surface area contributed by atoms with Gasteiger partial charge in [0.2, 0.25) is 0 Å². The third-order valence-electron chi connectivity index (χ3n) is 1.88. The maximum Gasteiger partial charge on any atom is 0.167 e. The van der Waals surface area contributed by atoms with Crippen LogP contribution in [0.4, 0.5) is 0 Å². The van der Waals surface area contributed by atoms with Gasteiger partial charge in [0, 0.05) is 0 Å². The van der Waals surface area contributed by atoms with Gasteiger partial charge in [0.05, 0.1) is 38.5 Å². The molecule has 0 aromatic heterocycles. The maximum absolute atomic E-state index is 8.91. The Morgan fingerprint density at radius 1 is 1.00 bits per heavy atom. The van der Waals surface area contributed by atoms with E-state index in [1.165, 1.54) is 4.90 Å². The first-order valence-corrected chi connectivity index (χ1v) is 4.54. The van der Waals surface area contributed by atoms with Gasteiger partial charge in [0.1, 0.15) is 0 Å². The lowest BCUT2D eigenvalue weighted by Crippen LogP contribution is -2.55. The molecule has 0 aliphatic carbocycles. The normalized spacial score (nSPS) is 11.0. The van der Waals surface area contributed by atoms with Crippen LogP contribution >= 0.6 is 12.2 Å². The van der Waals surface area contributed by atoms with Crippen molar-refractivity contribution in [1.82, 2.24) is 4.90 Å². The number of hydrogen-bond acceptors (Lipinski definition) is 5. The fourth-order valence-corrected chi connectivity index (χ4v) is 1.42. The number of thiocarbonyl (C=S) groups is 1. The minimum Gasteiger partial charge on any atom is -0.394 e. The van der Waals surface area contributed by atoms with E-state index in [9.17, 15) is 0 Å². The van der Waals surface area contributed by atoms with Gasteiger partial charge in [-0.25, -0.2) is 0 Å². The number of hydrogen-bond donors (Lipinski definition) is 5. The van der Waals surface area contributed by atoms with Crippen LogP contribution < -0.4 is 5.73 Å². The highest BCUT2D eigenvalue weighted by Gasteiger charge is 2.25. The Morgan fingerprint density at radius 3 is 1.43 bits per heavy atom. The van der Waals surface area contributed by atoms with Crippen LogP contribution in [-0.4, -0.2) is 68.9 Å². The average Bonchev–Trinajstić information content (AvgIpc) is 2.18. The molecule has 14 heavy (non-hydrogen) atoms. The largest absolute Gasteiger partial charge is 0.394 e. The molecule has 0 rings (SSSR count). The molecule has 0 amide bonds. The van der Waals surface area contributed by atoms with Crippen LogP contribution in [0.15, 0.2) is 0 Å². The Balaban J connectivity index is 4.62. The van der Waals surface area contributed by atoms with Crippen molar-refractivity contribution in [1.29, 1.82) is 0 Å². The Labute approximate surface area is 87.6 Å². The molecule has 0 atom stereocenters. The average molecular weight is 224 g/mol. The molecule has 0 bridgehead atoms. The summed E-state index contributed by atoms with van der Waals surface area (Å²) in [5, 5.41) is 35.5. The van der Waals surface area contributed by atoms with Crippen LogP contribution in [0.3, 0.4) is 0 Å². The van der Waals surface area contributed by atoms with E-state index in [1.807, 2.05) is 0 Å². The molecule has 0 unspecified atom stereocenters. The van der Waals surface area contributed by atoms with Crippen molar-refractivity contribution in [3.05, 3.63) is 0 Å². The summed E-state index contributed by atoms with van der Waals surface area (Å²) < 4.78 is 0. The Hall–Kier alpha value is -0.470. The molecule has 0 radical (unpaired) electrons. The van der Waals surface area contributed by atoms with Crippen LogP contribution in [0.5, 0.6) is 0 Å². The topological polar surface area (TPSA) is 110 Å². The molecule has 0 aliphatic rings. The van der Waals surface area contributed by atoms with Gasteiger partial charge in [-0.1, -0.05) is 0 Å². The summed E-state index contributed by atoms with van der Waals surface area (Å²) in [5.74, 6) is 0. The van der Waals surface area contributed by atoms with Gasteiger partial charge >= 0.3 is 0 Å². The van der Waals surface area contributed by atoms with E-state index in [0.717, 1.165) is 0 Å². The van der Waals surface area contributed by atoms with Crippen molar-refractivity contribution in [2.75, 3.05) is 26.4 Å². The molecule has 0 aliphatic heterocycles. The molecule has 6 nitrogen and oxygen atoms in total. The van der Waals surface area contributed by atoms with Gasteiger partial charge in [0.15, 0.2) is 5.11 Å². The van der Waals surface area contributed by atoms with Crippen molar-refractivity contribution >= 4 is 17.3 Å². The summed E-state index contributed by atoms with van der Waals surface area (Å²) in [5.41, 5.74) is 5.35. The van der Waals surface area contributed by atoms with Gasteiger partial charge in [0.25, 0.3) is 0 Å². The maximum atomic E-state index is 8.91. The van der Waals surface area contributed by atoms with Crippen molar-refractivity contribution in [3.8, 4) is 0 Å². The predicted octanol–water partition coefficient (Wildman–Crippen LogP) is -2.76. The highest BCUT2D eigenvalue weighted by Crippen LogP contribution is 2.05. The zero-order valence-corrected chi connectivity index (χ0v) is 8.52. The van der Waals surface area contributed by atoms with Crippen molar-refractivity contribution in [2.24, 2.45) is 5.73 Å². The first kappa shape index (κ1) is 13.5. The van der Waals surface area contributed by atoms with E-state index >= 15 is 0 Å². The van der Waals surface area contributed by atoms with Gasteiger partial charge in [-0.05, 0) is 12.2 Å². The van der Waals surface area contributed by atoms with Crippen LogP contribution in [0.25, 0.3) is 0 Å². The Morgan fingerprint density at radius 2 is 1.29 bits per heavy atom. The standard InChI is InChI=1S/C7H16N2O4S/c8-7(14)9(5(1-10)2-11)6(3-12)4-13/h5-6,10-13H,1-4H2,(H2,8,14). The molecular weight excluding hydrogens is 208 g/mol. The highest BCUT2D eigenvalue weighted by atomic mass is 32.1. The van der Waals surface area contributed by atoms with E-state index in [0.29, 0.717) is 0 Å². The fourth-order valence-electron chi connectivity index (χ4n) is 1.13. The van der Waals surface area contributed by atoms with E-state index in [1.54, 1.807) is 0 Å².